The Labute approximate surface area is 207 Å². The zero-order chi connectivity index (χ0) is 25.2. The molecule has 4 aromatic rings. The minimum atomic E-state index is -1.60. The van der Waals surface area contributed by atoms with E-state index in [1.807, 2.05) is 60.7 Å². The molecule has 1 aliphatic rings. The van der Waals surface area contributed by atoms with Gasteiger partial charge < -0.3 is 10.6 Å². The van der Waals surface area contributed by atoms with E-state index in [4.69, 9.17) is 0 Å². The van der Waals surface area contributed by atoms with Gasteiger partial charge in [-0.25, -0.2) is 4.68 Å². The maximum atomic E-state index is 13.6. The van der Waals surface area contributed by atoms with Crippen LogP contribution in [0.15, 0.2) is 78.9 Å². The number of carbonyl (C=O) groups is 3. The Morgan fingerprint density at radius 1 is 0.944 bits per heavy atom. The van der Waals surface area contributed by atoms with E-state index >= 15 is 0 Å². The standard InChI is InChI=1S/C28H21N5O3/c1-17(34)30-19-9-7-10-20(15-19)31-28(36)24(16-29)27(35)25-23-14-18-8-5-6-13-22(18)26(23)33(32-25)21-11-3-2-4-12-21/h2-13,15,24H,14H2,1H3,(H,30,34)(H,31,36). The fraction of sp³-hybridized carbons (Fsp3) is 0.107. The van der Waals surface area contributed by atoms with Gasteiger partial charge in [-0.1, -0.05) is 48.5 Å². The zero-order valence-electron chi connectivity index (χ0n) is 19.4. The summed E-state index contributed by atoms with van der Waals surface area (Å²) in [5, 5.41) is 19.6. The van der Waals surface area contributed by atoms with Gasteiger partial charge in [0.2, 0.25) is 17.6 Å². The van der Waals surface area contributed by atoms with Gasteiger partial charge in [0.15, 0.2) is 5.92 Å². The van der Waals surface area contributed by atoms with E-state index in [1.54, 1.807) is 28.9 Å². The van der Waals surface area contributed by atoms with E-state index in [1.165, 1.54) is 6.92 Å². The summed E-state index contributed by atoms with van der Waals surface area (Å²) < 4.78 is 1.71. The molecule has 0 saturated carbocycles. The number of anilines is 2. The normalized spacial score (nSPS) is 12.1. The van der Waals surface area contributed by atoms with E-state index in [2.05, 4.69) is 15.7 Å². The summed E-state index contributed by atoms with van der Waals surface area (Å²) in [4.78, 5) is 37.9. The Morgan fingerprint density at radius 2 is 1.64 bits per heavy atom. The number of nitriles is 1. The van der Waals surface area contributed by atoms with Gasteiger partial charge in [0.05, 0.1) is 17.5 Å². The molecule has 0 bridgehead atoms. The largest absolute Gasteiger partial charge is 0.326 e. The molecule has 1 heterocycles. The predicted octanol–water partition coefficient (Wildman–Crippen LogP) is 4.36. The van der Waals surface area contributed by atoms with Crippen LogP contribution in [-0.4, -0.2) is 27.4 Å². The average Bonchev–Trinajstić information content (AvgIpc) is 3.42. The fourth-order valence-corrected chi connectivity index (χ4v) is 4.41. The number of ketones is 1. The van der Waals surface area contributed by atoms with Crippen LogP contribution < -0.4 is 10.6 Å². The molecule has 1 atom stereocenters. The van der Waals surface area contributed by atoms with Crippen molar-refractivity contribution in [2.45, 2.75) is 13.3 Å². The van der Waals surface area contributed by atoms with E-state index in [9.17, 15) is 19.6 Å². The van der Waals surface area contributed by atoms with Crippen molar-refractivity contribution in [2.24, 2.45) is 5.92 Å². The van der Waals surface area contributed by atoms with Crippen LogP contribution in [0.2, 0.25) is 0 Å². The maximum Gasteiger partial charge on any atom is 0.249 e. The molecule has 8 heteroatoms. The lowest BCUT2D eigenvalue weighted by molar-refractivity contribution is -0.117. The topological polar surface area (TPSA) is 117 Å². The maximum absolute atomic E-state index is 13.6. The molecular formula is C28H21N5O3. The highest BCUT2D eigenvalue weighted by Gasteiger charge is 2.36. The lowest BCUT2D eigenvalue weighted by Crippen LogP contribution is -2.29. The third-order valence-corrected chi connectivity index (χ3v) is 5.96. The summed E-state index contributed by atoms with van der Waals surface area (Å²) in [7, 11) is 0. The summed E-state index contributed by atoms with van der Waals surface area (Å²) in [5.41, 5.74) is 5.23. The molecule has 2 amide bonds. The van der Waals surface area contributed by atoms with Crippen molar-refractivity contribution in [3.63, 3.8) is 0 Å². The molecule has 3 aromatic carbocycles. The number of benzene rings is 3. The quantitative estimate of drug-likeness (QED) is 0.280. The molecule has 0 fully saturated rings. The second-order valence-corrected chi connectivity index (χ2v) is 8.43. The molecule has 8 nitrogen and oxygen atoms in total. The third-order valence-electron chi connectivity index (χ3n) is 5.96. The van der Waals surface area contributed by atoms with Crippen LogP contribution in [-0.2, 0) is 16.0 Å². The highest BCUT2D eigenvalue weighted by atomic mass is 16.2. The first kappa shape index (κ1) is 22.7. The number of amides is 2. The van der Waals surface area contributed by atoms with Gasteiger partial charge in [-0.15, -0.1) is 0 Å². The van der Waals surface area contributed by atoms with Crippen molar-refractivity contribution in [2.75, 3.05) is 10.6 Å². The highest BCUT2D eigenvalue weighted by molar-refractivity contribution is 6.16. The van der Waals surface area contributed by atoms with Gasteiger partial charge in [-0.05, 0) is 35.9 Å². The van der Waals surface area contributed by atoms with Gasteiger partial charge in [0.25, 0.3) is 0 Å². The molecule has 5 rings (SSSR count). The first-order valence-electron chi connectivity index (χ1n) is 11.3. The number of hydrogen-bond donors (Lipinski definition) is 2. The van der Waals surface area contributed by atoms with Gasteiger partial charge in [0, 0.05) is 35.8 Å². The number of Topliss-reactive ketones (excluding diaryl/α,β-unsaturated/α-hetero) is 1. The molecule has 1 aliphatic carbocycles. The Morgan fingerprint density at radius 3 is 2.36 bits per heavy atom. The van der Waals surface area contributed by atoms with Crippen molar-refractivity contribution in [3.8, 4) is 23.0 Å². The summed E-state index contributed by atoms with van der Waals surface area (Å²) in [6.07, 6.45) is 0.484. The lowest BCUT2D eigenvalue weighted by Gasteiger charge is -2.11. The SMILES string of the molecule is CC(=O)Nc1cccc(NC(=O)C(C#N)C(=O)c2nn(-c3ccccc3)c3c2Cc2ccccc2-3)c1. The number of nitrogens with one attached hydrogen (secondary N) is 2. The monoisotopic (exact) mass is 475 g/mol. The summed E-state index contributed by atoms with van der Waals surface area (Å²) >= 11 is 0. The number of carbonyl (C=O) groups excluding carboxylic acids is 3. The predicted molar refractivity (Wildman–Crippen MR) is 135 cm³/mol. The Bertz CT molecular complexity index is 1550. The van der Waals surface area contributed by atoms with Crippen LogP contribution in [0.5, 0.6) is 0 Å². The minimum Gasteiger partial charge on any atom is -0.326 e. The number of aromatic nitrogens is 2. The van der Waals surface area contributed by atoms with Crippen molar-refractivity contribution in [3.05, 3.63) is 95.7 Å². The van der Waals surface area contributed by atoms with Crippen molar-refractivity contribution >= 4 is 29.0 Å². The number of rotatable bonds is 6. The second-order valence-electron chi connectivity index (χ2n) is 8.43. The third kappa shape index (κ3) is 4.14. The number of hydrogen-bond acceptors (Lipinski definition) is 5. The van der Waals surface area contributed by atoms with Crippen LogP contribution in [0.1, 0.15) is 28.5 Å². The first-order valence-corrected chi connectivity index (χ1v) is 11.3. The molecule has 1 unspecified atom stereocenters. The summed E-state index contributed by atoms with van der Waals surface area (Å²) in [6.45, 7) is 1.38. The Balaban J connectivity index is 1.49. The number of fused-ring (bicyclic) bond motifs is 3. The Hall–Kier alpha value is -5.03. The molecule has 0 aliphatic heterocycles. The Kier molecular flexibility index (Phi) is 5.88. The molecule has 2 N–H and O–H groups in total. The van der Waals surface area contributed by atoms with Gasteiger partial charge in [-0.2, -0.15) is 10.4 Å². The van der Waals surface area contributed by atoms with Crippen LogP contribution in [0.3, 0.4) is 0 Å². The zero-order valence-corrected chi connectivity index (χ0v) is 19.4. The molecule has 176 valence electrons. The highest BCUT2D eigenvalue weighted by Crippen LogP contribution is 2.40. The van der Waals surface area contributed by atoms with E-state index in [0.717, 1.165) is 22.5 Å². The number of para-hydroxylation sites is 1. The average molecular weight is 476 g/mol. The van der Waals surface area contributed by atoms with Crippen molar-refractivity contribution < 1.29 is 14.4 Å². The van der Waals surface area contributed by atoms with E-state index in [-0.39, 0.29) is 11.6 Å². The van der Waals surface area contributed by atoms with Crippen molar-refractivity contribution in [1.29, 1.82) is 5.26 Å². The summed E-state index contributed by atoms with van der Waals surface area (Å²) in [6, 6.07) is 25.6. The van der Waals surface area contributed by atoms with Gasteiger partial charge in [0.1, 0.15) is 5.69 Å². The van der Waals surface area contributed by atoms with Crippen molar-refractivity contribution in [1.82, 2.24) is 9.78 Å². The summed E-state index contributed by atoms with van der Waals surface area (Å²) in [5.74, 6) is -3.28. The van der Waals surface area contributed by atoms with Crippen LogP contribution in [0.4, 0.5) is 11.4 Å². The fourth-order valence-electron chi connectivity index (χ4n) is 4.41. The van der Waals surface area contributed by atoms with E-state index < -0.39 is 17.6 Å². The van der Waals surface area contributed by atoms with E-state index in [0.29, 0.717) is 23.4 Å². The lowest BCUT2D eigenvalue weighted by atomic mass is 9.98. The van der Waals surface area contributed by atoms with Crippen LogP contribution in [0.25, 0.3) is 16.9 Å². The van der Waals surface area contributed by atoms with Crippen LogP contribution in [0, 0.1) is 17.2 Å². The first-order chi connectivity index (χ1) is 17.5. The molecule has 0 spiro atoms. The second kappa shape index (κ2) is 9.31. The van der Waals surface area contributed by atoms with Crippen LogP contribution >= 0.6 is 0 Å². The van der Waals surface area contributed by atoms with Gasteiger partial charge >= 0.3 is 0 Å². The molecule has 0 radical (unpaired) electrons. The smallest absolute Gasteiger partial charge is 0.249 e. The number of nitrogens with zero attached hydrogens (tertiary/aromatic N) is 3. The molecular weight excluding hydrogens is 454 g/mol. The van der Waals surface area contributed by atoms with Gasteiger partial charge in [-0.3, -0.25) is 14.4 Å². The molecule has 0 saturated heterocycles. The molecule has 1 aromatic heterocycles. The molecule has 36 heavy (non-hydrogen) atoms. The minimum absolute atomic E-state index is 0.110.